The van der Waals surface area contributed by atoms with E-state index in [1.54, 1.807) is 6.20 Å². The summed E-state index contributed by atoms with van der Waals surface area (Å²) in [5, 5.41) is 0. The normalized spacial score (nSPS) is 21.4. The van der Waals surface area contributed by atoms with E-state index in [1.165, 1.54) is 12.8 Å². The molecular formula is C12H20N4. The number of hydrogen-bond donors (Lipinski definition) is 1. The minimum Gasteiger partial charge on any atom is -0.382 e. The highest BCUT2D eigenvalue weighted by Gasteiger charge is 2.22. The van der Waals surface area contributed by atoms with Crippen LogP contribution >= 0.6 is 0 Å². The second-order valence-electron chi connectivity index (χ2n) is 4.61. The first kappa shape index (κ1) is 11.2. The molecule has 1 aromatic heterocycles. The summed E-state index contributed by atoms with van der Waals surface area (Å²) in [5.74, 6) is 0.641. The van der Waals surface area contributed by atoms with Gasteiger partial charge in [0.2, 0.25) is 0 Å². The Balaban J connectivity index is 2.13. The van der Waals surface area contributed by atoms with Crippen molar-refractivity contribution in [3.05, 3.63) is 18.3 Å². The van der Waals surface area contributed by atoms with Crippen LogP contribution in [0.4, 0.5) is 11.5 Å². The van der Waals surface area contributed by atoms with E-state index in [0.29, 0.717) is 11.9 Å². The summed E-state index contributed by atoms with van der Waals surface area (Å²) in [6.45, 7) is 2.13. The van der Waals surface area contributed by atoms with Gasteiger partial charge in [-0.05, 0) is 39.1 Å². The topological polar surface area (TPSA) is 45.4 Å². The summed E-state index contributed by atoms with van der Waals surface area (Å²) in [6, 6.07) is 4.62. The van der Waals surface area contributed by atoms with Gasteiger partial charge >= 0.3 is 0 Å². The molecular weight excluding hydrogens is 200 g/mol. The number of piperidine rings is 1. The van der Waals surface area contributed by atoms with Crippen molar-refractivity contribution in [3.8, 4) is 0 Å². The van der Waals surface area contributed by atoms with Crippen molar-refractivity contribution in [2.75, 3.05) is 37.8 Å². The second kappa shape index (κ2) is 4.70. The molecule has 4 nitrogen and oxygen atoms in total. The van der Waals surface area contributed by atoms with Gasteiger partial charge in [-0.25, -0.2) is 4.98 Å². The molecule has 2 N–H and O–H groups in total. The Morgan fingerprint density at radius 3 is 3.00 bits per heavy atom. The van der Waals surface area contributed by atoms with Crippen LogP contribution in [0.1, 0.15) is 12.8 Å². The molecule has 1 unspecified atom stereocenters. The Morgan fingerprint density at radius 2 is 2.31 bits per heavy atom. The standard InChI is InChI=1S/C12H20N4/c1-15(2)10-5-4-8-16(9-10)11-6-3-7-14-12(11)13/h3,6-7,10H,4-5,8-9H2,1-2H3,(H2,13,14). The zero-order valence-electron chi connectivity index (χ0n) is 10.1. The van der Waals surface area contributed by atoms with E-state index in [9.17, 15) is 0 Å². The first-order valence-corrected chi connectivity index (χ1v) is 5.80. The third-order valence-electron chi connectivity index (χ3n) is 3.28. The van der Waals surface area contributed by atoms with Gasteiger partial charge in [-0.3, -0.25) is 0 Å². The SMILES string of the molecule is CN(C)C1CCCN(c2cccnc2N)C1. The average molecular weight is 220 g/mol. The molecule has 0 aliphatic carbocycles. The number of nitrogens with zero attached hydrogens (tertiary/aromatic N) is 3. The van der Waals surface area contributed by atoms with Gasteiger partial charge in [0.05, 0.1) is 5.69 Å². The lowest BCUT2D eigenvalue weighted by atomic mass is 10.0. The lowest BCUT2D eigenvalue weighted by Gasteiger charge is -2.37. The van der Waals surface area contributed by atoms with Crippen molar-refractivity contribution < 1.29 is 0 Å². The minimum absolute atomic E-state index is 0.619. The maximum atomic E-state index is 5.91. The van der Waals surface area contributed by atoms with Crippen LogP contribution in [0.3, 0.4) is 0 Å². The first-order chi connectivity index (χ1) is 7.68. The molecule has 1 aromatic rings. The van der Waals surface area contributed by atoms with Crippen LogP contribution in [0.25, 0.3) is 0 Å². The third-order valence-corrected chi connectivity index (χ3v) is 3.28. The van der Waals surface area contributed by atoms with Crippen molar-refractivity contribution in [1.29, 1.82) is 0 Å². The lowest BCUT2D eigenvalue weighted by molar-refractivity contribution is 0.258. The molecule has 0 amide bonds. The first-order valence-electron chi connectivity index (χ1n) is 5.80. The maximum absolute atomic E-state index is 5.91. The molecule has 4 heteroatoms. The molecule has 88 valence electrons. The van der Waals surface area contributed by atoms with Gasteiger partial charge in [0, 0.05) is 25.3 Å². The van der Waals surface area contributed by atoms with Crippen LogP contribution in [0.15, 0.2) is 18.3 Å². The Kier molecular flexibility index (Phi) is 3.29. The molecule has 2 heterocycles. The molecule has 16 heavy (non-hydrogen) atoms. The van der Waals surface area contributed by atoms with Crippen LogP contribution in [-0.2, 0) is 0 Å². The number of nitrogen functional groups attached to an aromatic ring is 1. The van der Waals surface area contributed by atoms with E-state index in [0.717, 1.165) is 18.8 Å². The van der Waals surface area contributed by atoms with Gasteiger partial charge in [-0.1, -0.05) is 0 Å². The highest BCUT2D eigenvalue weighted by atomic mass is 15.2. The quantitative estimate of drug-likeness (QED) is 0.813. The van der Waals surface area contributed by atoms with Crippen molar-refractivity contribution in [2.24, 2.45) is 0 Å². The van der Waals surface area contributed by atoms with E-state index in [1.807, 2.05) is 6.07 Å². The highest BCUT2D eigenvalue weighted by molar-refractivity contribution is 5.63. The van der Waals surface area contributed by atoms with Gasteiger partial charge in [0.25, 0.3) is 0 Å². The van der Waals surface area contributed by atoms with Crippen LogP contribution < -0.4 is 10.6 Å². The molecule has 1 aliphatic heterocycles. The largest absolute Gasteiger partial charge is 0.382 e. The number of aromatic nitrogens is 1. The predicted molar refractivity (Wildman–Crippen MR) is 67.6 cm³/mol. The Labute approximate surface area is 97.1 Å². The molecule has 2 rings (SSSR count). The van der Waals surface area contributed by atoms with Crippen LogP contribution in [0.2, 0.25) is 0 Å². The number of nitrogens with two attached hydrogens (primary N) is 1. The van der Waals surface area contributed by atoms with Crippen molar-refractivity contribution in [1.82, 2.24) is 9.88 Å². The Bertz CT molecular complexity index is 351. The van der Waals surface area contributed by atoms with Gasteiger partial charge in [-0.15, -0.1) is 0 Å². The molecule has 0 saturated carbocycles. The Hall–Kier alpha value is -1.29. The highest BCUT2D eigenvalue weighted by Crippen LogP contribution is 2.25. The second-order valence-corrected chi connectivity index (χ2v) is 4.61. The summed E-state index contributed by atoms with van der Waals surface area (Å²) < 4.78 is 0. The summed E-state index contributed by atoms with van der Waals surface area (Å²) in [6.07, 6.45) is 4.23. The fraction of sp³-hybridized carbons (Fsp3) is 0.583. The van der Waals surface area contributed by atoms with Crippen molar-refractivity contribution in [2.45, 2.75) is 18.9 Å². The van der Waals surface area contributed by atoms with Gasteiger partial charge in [0.15, 0.2) is 0 Å². The third kappa shape index (κ3) is 2.27. The zero-order valence-corrected chi connectivity index (χ0v) is 10.1. The molecule has 0 spiro atoms. The number of anilines is 2. The fourth-order valence-electron chi connectivity index (χ4n) is 2.27. The van der Waals surface area contributed by atoms with Crippen LogP contribution in [0.5, 0.6) is 0 Å². The van der Waals surface area contributed by atoms with E-state index in [-0.39, 0.29) is 0 Å². The fourth-order valence-corrected chi connectivity index (χ4v) is 2.27. The molecule has 1 atom stereocenters. The van der Waals surface area contributed by atoms with Gasteiger partial charge < -0.3 is 15.5 Å². The van der Waals surface area contributed by atoms with Crippen molar-refractivity contribution >= 4 is 11.5 Å². The Morgan fingerprint density at radius 1 is 1.50 bits per heavy atom. The molecule has 1 aliphatic rings. The summed E-state index contributed by atoms with van der Waals surface area (Å²) in [5.41, 5.74) is 6.98. The van der Waals surface area contributed by atoms with E-state index in [4.69, 9.17) is 5.73 Å². The monoisotopic (exact) mass is 220 g/mol. The number of rotatable bonds is 2. The predicted octanol–water partition coefficient (Wildman–Crippen LogP) is 1.19. The molecule has 1 fully saturated rings. The molecule has 0 aromatic carbocycles. The van der Waals surface area contributed by atoms with Crippen molar-refractivity contribution in [3.63, 3.8) is 0 Å². The summed E-state index contributed by atoms with van der Waals surface area (Å²) >= 11 is 0. The number of hydrogen-bond acceptors (Lipinski definition) is 4. The van der Waals surface area contributed by atoms with E-state index < -0.39 is 0 Å². The van der Waals surface area contributed by atoms with Crippen LogP contribution in [0, 0.1) is 0 Å². The maximum Gasteiger partial charge on any atom is 0.146 e. The minimum atomic E-state index is 0.619. The average Bonchev–Trinajstić information content (AvgIpc) is 2.30. The van der Waals surface area contributed by atoms with Gasteiger partial charge in [-0.2, -0.15) is 0 Å². The molecule has 1 saturated heterocycles. The summed E-state index contributed by atoms with van der Waals surface area (Å²) in [4.78, 5) is 8.78. The number of pyridine rings is 1. The molecule has 0 radical (unpaired) electrons. The van der Waals surface area contributed by atoms with E-state index >= 15 is 0 Å². The van der Waals surface area contributed by atoms with Crippen LogP contribution in [-0.4, -0.2) is 43.1 Å². The van der Waals surface area contributed by atoms with E-state index in [2.05, 4.69) is 34.9 Å². The summed E-state index contributed by atoms with van der Waals surface area (Å²) in [7, 11) is 4.28. The number of likely N-dealkylation sites (N-methyl/N-ethyl adjacent to an activating group) is 1. The smallest absolute Gasteiger partial charge is 0.146 e. The van der Waals surface area contributed by atoms with Gasteiger partial charge in [0.1, 0.15) is 5.82 Å². The zero-order chi connectivity index (χ0) is 11.5. The molecule has 0 bridgehead atoms. The lowest BCUT2D eigenvalue weighted by Crippen LogP contribution is -2.45.